The van der Waals surface area contributed by atoms with E-state index in [0.29, 0.717) is 12.2 Å². The van der Waals surface area contributed by atoms with Crippen molar-refractivity contribution in [2.24, 2.45) is 0 Å². The Labute approximate surface area is 125 Å². The molecule has 1 aliphatic rings. The first-order valence-corrected chi connectivity index (χ1v) is 7.44. The topological polar surface area (TPSA) is 67.8 Å². The number of carbonyl (C=O) groups excluding carboxylic acids is 1. The van der Waals surface area contributed by atoms with Crippen LogP contribution in [-0.2, 0) is 4.79 Å². The fourth-order valence-corrected chi connectivity index (χ4v) is 2.29. The van der Waals surface area contributed by atoms with Crippen LogP contribution in [0.15, 0.2) is 12.1 Å². The van der Waals surface area contributed by atoms with Crippen molar-refractivity contribution in [2.75, 3.05) is 12.1 Å². The van der Waals surface area contributed by atoms with E-state index in [0.717, 1.165) is 42.7 Å². The second kappa shape index (κ2) is 7.31. The van der Waals surface area contributed by atoms with Crippen LogP contribution in [0.4, 0.5) is 5.69 Å². The standard InChI is InChI=1S/C16H23NO4/c1-11-8-14-15(21-10-20-14)9-13(11)17-16(19)7-5-3-4-6-12(2)18/h8-9,12,18H,3-7,10H2,1-2H3,(H,17,19). The van der Waals surface area contributed by atoms with Gasteiger partial charge in [0.1, 0.15) is 0 Å². The maximum atomic E-state index is 11.9. The summed E-state index contributed by atoms with van der Waals surface area (Å²) in [5.41, 5.74) is 1.73. The van der Waals surface area contributed by atoms with E-state index < -0.39 is 0 Å². The number of hydrogen-bond acceptors (Lipinski definition) is 4. The Kier molecular flexibility index (Phi) is 5.44. The van der Waals surface area contributed by atoms with E-state index in [1.807, 2.05) is 19.1 Å². The Hall–Kier alpha value is -1.75. The highest BCUT2D eigenvalue weighted by molar-refractivity contribution is 5.92. The second-order valence-electron chi connectivity index (χ2n) is 5.52. The molecule has 21 heavy (non-hydrogen) atoms. The normalized spacial score (nSPS) is 14.0. The van der Waals surface area contributed by atoms with Crippen LogP contribution < -0.4 is 14.8 Å². The van der Waals surface area contributed by atoms with Crippen LogP contribution in [0.5, 0.6) is 11.5 Å². The molecule has 0 fully saturated rings. The van der Waals surface area contributed by atoms with Gasteiger partial charge in [0.2, 0.25) is 12.7 Å². The van der Waals surface area contributed by atoms with Gasteiger partial charge in [0.05, 0.1) is 6.10 Å². The van der Waals surface area contributed by atoms with Crippen molar-refractivity contribution >= 4 is 11.6 Å². The molecule has 0 radical (unpaired) electrons. The van der Waals surface area contributed by atoms with Crippen molar-refractivity contribution in [3.8, 4) is 11.5 Å². The van der Waals surface area contributed by atoms with Crippen molar-refractivity contribution in [3.05, 3.63) is 17.7 Å². The van der Waals surface area contributed by atoms with E-state index in [9.17, 15) is 4.79 Å². The molecular weight excluding hydrogens is 270 g/mol. The monoisotopic (exact) mass is 293 g/mol. The summed E-state index contributed by atoms with van der Waals surface area (Å²) in [6, 6.07) is 3.68. The highest BCUT2D eigenvalue weighted by Crippen LogP contribution is 2.36. The summed E-state index contributed by atoms with van der Waals surface area (Å²) in [4.78, 5) is 11.9. The molecule has 1 unspecified atom stereocenters. The number of aliphatic hydroxyl groups is 1. The minimum atomic E-state index is -0.255. The molecule has 1 heterocycles. The minimum Gasteiger partial charge on any atom is -0.454 e. The quantitative estimate of drug-likeness (QED) is 0.758. The minimum absolute atomic E-state index is 0.00834. The van der Waals surface area contributed by atoms with E-state index >= 15 is 0 Å². The van der Waals surface area contributed by atoms with Crippen LogP contribution >= 0.6 is 0 Å². The number of aliphatic hydroxyl groups excluding tert-OH is 1. The molecule has 1 aromatic carbocycles. The number of ether oxygens (including phenoxy) is 2. The number of unbranched alkanes of at least 4 members (excludes halogenated alkanes) is 2. The maximum Gasteiger partial charge on any atom is 0.231 e. The van der Waals surface area contributed by atoms with Gasteiger partial charge in [-0.2, -0.15) is 0 Å². The van der Waals surface area contributed by atoms with Gasteiger partial charge in [-0.05, 0) is 38.3 Å². The predicted octanol–water partition coefficient (Wildman–Crippen LogP) is 2.99. The number of fused-ring (bicyclic) bond motifs is 1. The third kappa shape index (κ3) is 4.63. The van der Waals surface area contributed by atoms with Gasteiger partial charge in [-0.1, -0.05) is 12.8 Å². The van der Waals surface area contributed by atoms with Gasteiger partial charge in [-0.3, -0.25) is 4.79 Å². The van der Waals surface area contributed by atoms with Crippen LogP contribution in [0, 0.1) is 6.92 Å². The first-order valence-electron chi connectivity index (χ1n) is 7.44. The summed E-state index contributed by atoms with van der Waals surface area (Å²) < 4.78 is 10.6. The highest BCUT2D eigenvalue weighted by atomic mass is 16.7. The number of benzene rings is 1. The number of anilines is 1. The molecule has 0 aromatic heterocycles. The molecule has 5 nitrogen and oxygen atoms in total. The fourth-order valence-electron chi connectivity index (χ4n) is 2.29. The fraction of sp³-hybridized carbons (Fsp3) is 0.562. The zero-order valence-corrected chi connectivity index (χ0v) is 12.6. The summed E-state index contributed by atoms with van der Waals surface area (Å²) in [7, 11) is 0. The zero-order valence-electron chi connectivity index (χ0n) is 12.6. The molecule has 1 aliphatic heterocycles. The Morgan fingerprint density at radius 3 is 2.71 bits per heavy atom. The molecular formula is C16H23NO4. The lowest BCUT2D eigenvalue weighted by Crippen LogP contribution is -2.12. The summed E-state index contributed by atoms with van der Waals surface area (Å²) in [6.45, 7) is 3.95. The predicted molar refractivity (Wildman–Crippen MR) is 80.7 cm³/mol. The Balaban J connectivity index is 1.78. The number of hydrogen-bond donors (Lipinski definition) is 2. The molecule has 5 heteroatoms. The first-order chi connectivity index (χ1) is 10.1. The Bertz CT molecular complexity index is 499. The van der Waals surface area contributed by atoms with Crippen molar-refractivity contribution in [1.29, 1.82) is 0 Å². The van der Waals surface area contributed by atoms with Crippen molar-refractivity contribution < 1.29 is 19.4 Å². The van der Waals surface area contributed by atoms with E-state index in [4.69, 9.17) is 14.6 Å². The van der Waals surface area contributed by atoms with Crippen molar-refractivity contribution in [1.82, 2.24) is 0 Å². The van der Waals surface area contributed by atoms with Gasteiger partial charge in [-0.15, -0.1) is 0 Å². The third-order valence-electron chi connectivity index (χ3n) is 3.52. The molecule has 0 bridgehead atoms. The lowest BCUT2D eigenvalue weighted by Gasteiger charge is -2.10. The summed E-state index contributed by atoms with van der Waals surface area (Å²) >= 11 is 0. The molecule has 1 atom stereocenters. The number of rotatable bonds is 7. The molecule has 2 rings (SSSR count). The number of carbonyl (C=O) groups is 1. The van der Waals surface area contributed by atoms with Crippen LogP contribution in [0.25, 0.3) is 0 Å². The van der Waals surface area contributed by atoms with Crippen LogP contribution in [-0.4, -0.2) is 23.9 Å². The summed E-state index contributed by atoms with van der Waals surface area (Å²) in [6.07, 6.45) is 3.78. The number of nitrogens with one attached hydrogen (secondary N) is 1. The molecule has 0 aliphatic carbocycles. The molecule has 2 N–H and O–H groups in total. The number of amides is 1. The zero-order chi connectivity index (χ0) is 15.2. The average Bonchev–Trinajstić information content (AvgIpc) is 2.85. The molecule has 0 saturated heterocycles. The smallest absolute Gasteiger partial charge is 0.231 e. The largest absolute Gasteiger partial charge is 0.454 e. The van der Waals surface area contributed by atoms with Gasteiger partial charge < -0.3 is 19.9 Å². The Morgan fingerprint density at radius 1 is 1.29 bits per heavy atom. The van der Waals surface area contributed by atoms with Crippen LogP contribution in [0.1, 0.15) is 44.6 Å². The van der Waals surface area contributed by atoms with Crippen LogP contribution in [0.3, 0.4) is 0 Å². The second-order valence-corrected chi connectivity index (χ2v) is 5.52. The molecule has 116 valence electrons. The summed E-state index contributed by atoms with van der Waals surface area (Å²) in [5, 5.41) is 12.1. The molecule has 1 aromatic rings. The SMILES string of the molecule is Cc1cc2c(cc1NC(=O)CCCCCC(C)O)OCO2. The summed E-state index contributed by atoms with van der Waals surface area (Å²) in [5.74, 6) is 1.41. The number of aryl methyl sites for hydroxylation is 1. The third-order valence-corrected chi connectivity index (χ3v) is 3.52. The van der Waals surface area contributed by atoms with E-state index in [-0.39, 0.29) is 18.8 Å². The Morgan fingerprint density at radius 2 is 2.00 bits per heavy atom. The van der Waals surface area contributed by atoms with Gasteiger partial charge in [0.25, 0.3) is 0 Å². The van der Waals surface area contributed by atoms with Gasteiger partial charge >= 0.3 is 0 Å². The van der Waals surface area contributed by atoms with Crippen LogP contribution in [0.2, 0.25) is 0 Å². The molecule has 0 saturated carbocycles. The highest BCUT2D eigenvalue weighted by Gasteiger charge is 2.16. The maximum absolute atomic E-state index is 11.9. The lowest BCUT2D eigenvalue weighted by atomic mass is 10.1. The van der Waals surface area contributed by atoms with Crippen molar-refractivity contribution in [2.45, 2.75) is 52.1 Å². The van der Waals surface area contributed by atoms with E-state index in [2.05, 4.69) is 5.32 Å². The molecule has 0 spiro atoms. The average molecular weight is 293 g/mol. The van der Waals surface area contributed by atoms with Gasteiger partial charge in [-0.25, -0.2) is 0 Å². The first kappa shape index (κ1) is 15.6. The van der Waals surface area contributed by atoms with E-state index in [1.165, 1.54) is 0 Å². The molecule has 1 amide bonds. The van der Waals surface area contributed by atoms with Gasteiger partial charge in [0.15, 0.2) is 11.5 Å². The van der Waals surface area contributed by atoms with Crippen molar-refractivity contribution in [3.63, 3.8) is 0 Å². The van der Waals surface area contributed by atoms with Gasteiger partial charge in [0, 0.05) is 18.2 Å². The lowest BCUT2D eigenvalue weighted by molar-refractivity contribution is -0.116. The van der Waals surface area contributed by atoms with E-state index in [1.54, 1.807) is 6.92 Å².